The summed E-state index contributed by atoms with van der Waals surface area (Å²) in [7, 11) is 1.63. The summed E-state index contributed by atoms with van der Waals surface area (Å²) in [5.74, 6) is -0.0609. The molecule has 27 heavy (non-hydrogen) atoms. The summed E-state index contributed by atoms with van der Waals surface area (Å²) in [5.41, 5.74) is 0.601. The number of carbonyl (C=O) groups is 2. The zero-order valence-electron chi connectivity index (χ0n) is 15.4. The minimum atomic E-state index is -0.566. The van der Waals surface area contributed by atoms with Crippen LogP contribution in [-0.4, -0.2) is 37.8 Å². The lowest BCUT2D eigenvalue weighted by Crippen LogP contribution is -2.11. The summed E-state index contributed by atoms with van der Waals surface area (Å²) >= 11 is 1.58. The maximum absolute atomic E-state index is 12.2. The van der Waals surface area contributed by atoms with Crippen molar-refractivity contribution >= 4 is 29.2 Å². The molecular weight excluding hydrogens is 366 g/mol. The SMILES string of the molecule is COCCOc1ccc(Sc2ccc(C(=O)/C(C)=N/OC(C)=O)cc2)cc1. The van der Waals surface area contributed by atoms with E-state index < -0.39 is 5.97 Å². The molecule has 0 unspecified atom stereocenters. The number of hydrogen-bond acceptors (Lipinski definition) is 7. The van der Waals surface area contributed by atoms with Gasteiger partial charge in [-0.25, -0.2) is 4.79 Å². The van der Waals surface area contributed by atoms with Crippen molar-refractivity contribution in [3.8, 4) is 5.75 Å². The Morgan fingerprint density at radius 2 is 1.52 bits per heavy atom. The summed E-state index contributed by atoms with van der Waals surface area (Å²) in [6, 6.07) is 14.9. The molecular formula is C20H21NO5S. The summed E-state index contributed by atoms with van der Waals surface area (Å²) in [4.78, 5) is 29.5. The highest BCUT2D eigenvalue weighted by atomic mass is 32.2. The molecule has 0 amide bonds. The van der Waals surface area contributed by atoms with Crippen molar-refractivity contribution in [3.05, 3.63) is 54.1 Å². The quantitative estimate of drug-likeness (QED) is 0.213. The molecule has 0 spiro atoms. The summed E-state index contributed by atoms with van der Waals surface area (Å²) in [6.45, 7) is 3.79. The zero-order valence-corrected chi connectivity index (χ0v) is 16.2. The van der Waals surface area contributed by atoms with E-state index in [4.69, 9.17) is 9.47 Å². The molecule has 0 saturated carbocycles. The second kappa shape index (κ2) is 10.5. The molecule has 0 radical (unpaired) electrons. The Hall–Kier alpha value is -2.64. The number of nitrogens with zero attached hydrogens (tertiary/aromatic N) is 1. The van der Waals surface area contributed by atoms with Gasteiger partial charge in [-0.1, -0.05) is 16.9 Å². The fraction of sp³-hybridized carbons (Fsp3) is 0.250. The van der Waals surface area contributed by atoms with Gasteiger partial charge in [0.05, 0.1) is 6.61 Å². The van der Waals surface area contributed by atoms with Crippen molar-refractivity contribution in [1.82, 2.24) is 0 Å². The third-order valence-corrected chi connectivity index (χ3v) is 4.39. The van der Waals surface area contributed by atoms with Gasteiger partial charge in [0.2, 0.25) is 5.78 Å². The number of carbonyl (C=O) groups excluding carboxylic acids is 2. The van der Waals surface area contributed by atoms with Crippen LogP contribution in [0.3, 0.4) is 0 Å². The molecule has 0 saturated heterocycles. The van der Waals surface area contributed by atoms with E-state index in [1.807, 2.05) is 36.4 Å². The Morgan fingerprint density at radius 3 is 2.07 bits per heavy atom. The summed E-state index contributed by atoms with van der Waals surface area (Å²) < 4.78 is 10.5. The Kier molecular flexibility index (Phi) is 8.03. The van der Waals surface area contributed by atoms with E-state index in [9.17, 15) is 9.59 Å². The van der Waals surface area contributed by atoms with E-state index in [1.54, 1.807) is 31.0 Å². The standard InChI is InChI=1S/C20H21NO5S/c1-14(21-26-15(2)22)20(23)16-4-8-18(9-5-16)27-19-10-6-17(7-11-19)25-13-12-24-3/h4-11H,12-13H2,1-3H3/b21-14+. The maximum Gasteiger partial charge on any atom is 0.331 e. The van der Waals surface area contributed by atoms with E-state index in [0.29, 0.717) is 18.8 Å². The summed E-state index contributed by atoms with van der Waals surface area (Å²) in [5, 5.41) is 3.52. The van der Waals surface area contributed by atoms with Crippen LogP contribution in [0.5, 0.6) is 5.75 Å². The van der Waals surface area contributed by atoms with Gasteiger partial charge in [-0.2, -0.15) is 0 Å². The van der Waals surface area contributed by atoms with Gasteiger partial charge in [-0.05, 0) is 55.5 Å². The molecule has 0 aliphatic carbocycles. The first-order valence-electron chi connectivity index (χ1n) is 8.26. The first kappa shape index (κ1) is 20.7. The number of oxime groups is 1. The van der Waals surface area contributed by atoms with Crippen molar-refractivity contribution in [2.24, 2.45) is 5.16 Å². The highest BCUT2D eigenvalue weighted by Crippen LogP contribution is 2.29. The van der Waals surface area contributed by atoms with Gasteiger partial charge in [0.15, 0.2) is 0 Å². The minimum Gasteiger partial charge on any atom is -0.491 e. The molecule has 142 valence electrons. The molecule has 0 fully saturated rings. The van der Waals surface area contributed by atoms with Crippen LogP contribution in [0.15, 0.2) is 63.5 Å². The maximum atomic E-state index is 12.2. The van der Waals surface area contributed by atoms with Crippen molar-refractivity contribution in [2.45, 2.75) is 23.6 Å². The molecule has 2 aromatic rings. The third kappa shape index (κ3) is 6.88. The van der Waals surface area contributed by atoms with Crippen LogP contribution in [0.2, 0.25) is 0 Å². The molecule has 0 aliphatic heterocycles. The Bertz CT molecular complexity index is 800. The van der Waals surface area contributed by atoms with Gasteiger partial charge in [0.1, 0.15) is 18.1 Å². The highest BCUT2D eigenvalue weighted by Gasteiger charge is 2.11. The number of Topliss-reactive ketones (excluding diaryl/α,β-unsaturated/α-hetero) is 1. The second-order valence-electron chi connectivity index (χ2n) is 5.53. The van der Waals surface area contributed by atoms with Crippen molar-refractivity contribution in [2.75, 3.05) is 20.3 Å². The molecule has 0 aromatic heterocycles. The lowest BCUT2D eigenvalue weighted by molar-refractivity contribution is -0.140. The second-order valence-corrected chi connectivity index (χ2v) is 6.67. The van der Waals surface area contributed by atoms with Crippen LogP contribution in [-0.2, 0) is 14.4 Å². The normalized spacial score (nSPS) is 11.1. The Labute approximate surface area is 162 Å². The number of ether oxygens (including phenoxy) is 2. The molecule has 0 N–H and O–H groups in total. The van der Waals surface area contributed by atoms with E-state index in [0.717, 1.165) is 15.5 Å². The van der Waals surface area contributed by atoms with Gasteiger partial charge in [0, 0.05) is 29.4 Å². The van der Waals surface area contributed by atoms with E-state index >= 15 is 0 Å². The van der Waals surface area contributed by atoms with Gasteiger partial charge >= 0.3 is 5.97 Å². The zero-order chi connectivity index (χ0) is 19.6. The average Bonchev–Trinajstić information content (AvgIpc) is 2.67. The van der Waals surface area contributed by atoms with Gasteiger partial charge in [-0.15, -0.1) is 0 Å². The van der Waals surface area contributed by atoms with E-state index in [2.05, 4.69) is 9.99 Å². The smallest absolute Gasteiger partial charge is 0.331 e. The van der Waals surface area contributed by atoms with Gasteiger partial charge < -0.3 is 14.3 Å². The molecule has 0 aliphatic rings. The first-order valence-corrected chi connectivity index (χ1v) is 9.08. The largest absolute Gasteiger partial charge is 0.491 e. The molecule has 2 aromatic carbocycles. The van der Waals surface area contributed by atoms with E-state index in [-0.39, 0.29) is 11.5 Å². The molecule has 2 rings (SSSR count). The first-order chi connectivity index (χ1) is 13.0. The topological polar surface area (TPSA) is 74.2 Å². The average molecular weight is 387 g/mol. The van der Waals surface area contributed by atoms with E-state index in [1.165, 1.54) is 13.8 Å². The van der Waals surface area contributed by atoms with Gasteiger partial charge in [0.25, 0.3) is 0 Å². The summed E-state index contributed by atoms with van der Waals surface area (Å²) in [6.07, 6.45) is 0. The highest BCUT2D eigenvalue weighted by molar-refractivity contribution is 7.99. The van der Waals surface area contributed by atoms with Crippen LogP contribution in [0.1, 0.15) is 24.2 Å². The number of methoxy groups -OCH3 is 1. The minimum absolute atomic E-state index is 0.120. The third-order valence-electron chi connectivity index (χ3n) is 3.37. The van der Waals surface area contributed by atoms with Crippen molar-refractivity contribution in [1.29, 1.82) is 0 Å². The molecule has 0 atom stereocenters. The predicted molar refractivity (Wildman–Crippen MR) is 104 cm³/mol. The number of hydrogen-bond donors (Lipinski definition) is 0. The van der Waals surface area contributed by atoms with Crippen LogP contribution >= 0.6 is 11.8 Å². The number of rotatable bonds is 9. The monoisotopic (exact) mass is 387 g/mol. The van der Waals surface area contributed by atoms with Crippen LogP contribution in [0, 0.1) is 0 Å². The van der Waals surface area contributed by atoms with Crippen LogP contribution < -0.4 is 4.74 Å². The Morgan fingerprint density at radius 1 is 0.926 bits per heavy atom. The lowest BCUT2D eigenvalue weighted by atomic mass is 10.1. The lowest BCUT2D eigenvalue weighted by Gasteiger charge is -2.07. The molecule has 7 heteroatoms. The van der Waals surface area contributed by atoms with Crippen molar-refractivity contribution in [3.63, 3.8) is 0 Å². The predicted octanol–water partition coefficient (Wildman–Crippen LogP) is 3.98. The van der Waals surface area contributed by atoms with Gasteiger partial charge in [-0.3, -0.25) is 4.79 Å². The molecule has 0 heterocycles. The van der Waals surface area contributed by atoms with Crippen LogP contribution in [0.25, 0.3) is 0 Å². The molecule has 6 nitrogen and oxygen atoms in total. The number of benzene rings is 2. The van der Waals surface area contributed by atoms with Crippen molar-refractivity contribution < 1.29 is 23.9 Å². The fourth-order valence-electron chi connectivity index (χ4n) is 2.04. The van der Waals surface area contributed by atoms with Crippen LogP contribution in [0.4, 0.5) is 0 Å². The molecule has 0 bridgehead atoms. The fourth-order valence-corrected chi connectivity index (χ4v) is 2.86. The Balaban J connectivity index is 1.96. The number of ketones is 1.